The number of nitrogens with zero attached hydrogens (tertiary/aromatic N) is 3. The lowest BCUT2D eigenvalue weighted by Crippen LogP contribution is -2.41. The number of piperidine rings is 1. The van der Waals surface area contributed by atoms with Crippen LogP contribution >= 0.6 is 0 Å². The highest BCUT2D eigenvalue weighted by Crippen LogP contribution is 2.20. The standard InChI is InChI=1S/C14H18FN5/c1-16-12-6-8-20(9-7-12)14-17-13(18-19-14)10-2-4-11(15)5-3-10/h2-5,12,16H,6-9H2,1H3,(H,17,18,19). The SMILES string of the molecule is CNC1CCN(c2n[nH]c(-c3ccc(F)cc3)n2)CC1. The summed E-state index contributed by atoms with van der Waals surface area (Å²) in [5.41, 5.74) is 0.843. The van der Waals surface area contributed by atoms with Crippen molar-refractivity contribution in [3.8, 4) is 11.4 Å². The predicted octanol–water partition coefficient (Wildman–Crippen LogP) is 1.80. The van der Waals surface area contributed by atoms with Gasteiger partial charge in [0.05, 0.1) is 0 Å². The maximum absolute atomic E-state index is 12.9. The number of rotatable bonds is 3. The molecule has 0 amide bonds. The summed E-state index contributed by atoms with van der Waals surface area (Å²) >= 11 is 0. The van der Waals surface area contributed by atoms with Gasteiger partial charge in [-0.1, -0.05) is 0 Å². The van der Waals surface area contributed by atoms with Gasteiger partial charge in [-0.3, -0.25) is 5.10 Å². The molecule has 1 saturated heterocycles. The van der Waals surface area contributed by atoms with Gasteiger partial charge in [-0.05, 0) is 44.2 Å². The van der Waals surface area contributed by atoms with Crippen LogP contribution in [0.2, 0.25) is 0 Å². The first-order valence-electron chi connectivity index (χ1n) is 6.87. The van der Waals surface area contributed by atoms with Crippen molar-refractivity contribution in [3.63, 3.8) is 0 Å². The number of nitrogens with one attached hydrogen (secondary N) is 2. The number of aromatic nitrogens is 3. The molecule has 1 fully saturated rings. The van der Waals surface area contributed by atoms with Gasteiger partial charge in [-0.15, -0.1) is 5.10 Å². The van der Waals surface area contributed by atoms with Gasteiger partial charge >= 0.3 is 0 Å². The van der Waals surface area contributed by atoms with Crippen molar-refractivity contribution in [2.75, 3.05) is 25.0 Å². The first-order valence-corrected chi connectivity index (χ1v) is 6.87. The van der Waals surface area contributed by atoms with Crippen molar-refractivity contribution in [1.82, 2.24) is 20.5 Å². The Balaban J connectivity index is 1.72. The highest BCUT2D eigenvalue weighted by atomic mass is 19.1. The molecule has 0 spiro atoms. The molecule has 2 aromatic rings. The molecule has 20 heavy (non-hydrogen) atoms. The Morgan fingerprint density at radius 3 is 2.60 bits per heavy atom. The van der Waals surface area contributed by atoms with Gasteiger partial charge in [0.25, 0.3) is 0 Å². The van der Waals surface area contributed by atoms with E-state index in [1.54, 1.807) is 12.1 Å². The van der Waals surface area contributed by atoms with Gasteiger partial charge in [0.2, 0.25) is 5.95 Å². The molecule has 1 aliphatic heterocycles. The number of anilines is 1. The van der Waals surface area contributed by atoms with Gasteiger partial charge in [0.1, 0.15) is 5.82 Å². The lowest BCUT2D eigenvalue weighted by Gasteiger charge is -2.30. The quantitative estimate of drug-likeness (QED) is 0.897. The molecule has 2 N–H and O–H groups in total. The maximum Gasteiger partial charge on any atom is 0.245 e. The minimum Gasteiger partial charge on any atom is -0.339 e. The lowest BCUT2D eigenvalue weighted by atomic mass is 10.1. The van der Waals surface area contributed by atoms with Crippen LogP contribution < -0.4 is 10.2 Å². The average Bonchev–Trinajstić information content (AvgIpc) is 2.98. The van der Waals surface area contributed by atoms with Gasteiger partial charge in [-0.25, -0.2) is 4.39 Å². The molecule has 0 saturated carbocycles. The maximum atomic E-state index is 12.9. The molecule has 0 atom stereocenters. The van der Waals surface area contributed by atoms with Gasteiger partial charge in [-0.2, -0.15) is 4.98 Å². The van der Waals surface area contributed by atoms with Crippen molar-refractivity contribution in [2.24, 2.45) is 0 Å². The molecule has 6 heteroatoms. The molecule has 3 rings (SSSR count). The predicted molar refractivity (Wildman–Crippen MR) is 76.1 cm³/mol. The molecular formula is C14H18FN5. The molecule has 0 aliphatic carbocycles. The number of benzene rings is 1. The fourth-order valence-electron chi connectivity index (χ4n) is 2.50. The Morgan fingerprint density at radius 2 is 1.95 bits per heavy atom. The van der Waals surface area contributed by atoms with Gasteiger partial charge in [0.15, 0.2) is 5.82 Å². The van der Waals surface area contributed by atoms with E-state index in [2.05, 4.69) is 25.4 Å². The number of hydrogen-bond acceptors (Lipinski definition) is 4. The molecule has 0 bridgehead atoms. The molecule has 2 heterocycles. The molecule has 1 aliphatic rings. The van der Waals surface area contributed by atoms with E-state index in [9.17, 15) is 4.39 Å². The largest absolute Gasteiger partial charge is 0.339 e. The molecule has 106 valence electrons. The summed E-state index contributed by atoms with van der Waals surface area (Å²) in [6, 6.07) is 6.84. The topological polar surface area (TPSA) is 56.8 Å². The van der Waals surface area contributed by atoms with E-state index in [1.807, 2.05) is 7.05 Å². The van der Waals surface area contributed by atoms with Gasteiger partial charge < -0.3 is 10.2 Å². The van der Waals surface area contributed by atoms with E-state index in [0.29, 0.717) is 11.9 Å². The van der Waals surface area contributed by atoms with E-state index in [1.165, 1.54) is 12.1 Å². The van der Waals surface area contributed by atoms with Crippen LogP contribution in [0.15, 0.2) is 24.3 Å². The third kappa shape index (κ3) is 2.65. The second-order valence-electron chi connectivity index (χ2n) is 5.04. The second kappa shape index (κ2) is 5.58. The Labute approximate surface area is 117 Å². The fourth-order valence-corrected chi connectivity index (χ4v) is 2.50. The zero-order chi connectivity index (χ0) is 13.9. The molecule has 5 nitrogen and oxygen atoms in total. The summed E-state index contributed by atoms with van der Waals surface area (Å²) in [5.74, 6) is 1.15. The van der Waals surface area contributed by atoms with E-state index in [-0.39, 0.29) is 5.82 Å². The minimum absolute atomic E-state index is 0.248. The smallest absolute Gasteiger partial charge is 0.245 e. The van der Waals surface area contributed by atoms with E-state index >= 15 is 0 Å². The van der Waals surface area contributed by atoms with Crippen molar-refractivity contribution in [3.05, 3.63) is 30.1 Å². The Kier molecular flexibility index (Phi) is 3.64. The third-order valence-corrected chi connectivity index (χ3v) is 3.78. The minimum atomic E-state index is -0.248. The summed E-state index contributed by atoms with van der Waals surface area (Å²) in [6.07, 6.45) is 2.19. The van der Waals surface area contributed by atoms with Crippen LogP contribution in [0.3, 0.4) is 0 Å². The third-order valence-electron chi connectivity index (χ3n) is 3.78. The Morgan fingerprint density at radius 1 is 1.25 bits per heavy atom. The summed E-state index contributed by atoms with van der Waals surface area (Å²) in [5, 5.41) is 10.5. The van der Waals surface area contributed by atoms with Crippen LogP contribution in [0.1, 0.15) is 12.8 Å². The molecule has 1 aromatic heterocycles. The molecule has 0 unspecified atom stereocenters. The number of H-pyrrole nitrogens is 1. The second-order valence-corrected chi connectivity index (χ2v) is 5.04. The van der Waals surface area contributed by atoms with Crippen LogP contribution in [-0.2, 0) is 0 Å². The molecular weight excluding hydrogens is 257 g/mol. The first kappa shape index (κ1) is 13.1. The van der Waals surface area contributed by atoms with Crippen molar-refractivity contribution in [2.45, 2.75) is 18.9 Å². The molecule has 1 aromatic carbocycles. The van der Waals surface area contributed by atoms with Crippen molar-refractivity contribution >= 4 is 5.95 Å². The lowest BCUT2D eigenvalue weighted by molar-refractivity contribution is 0.439. The van der Waals surface area contributed by atoms with Gasteiger partial charge in [0, 0.05) is 24.7 Å². The summed E-state index contributed by atoms with van der Waals surface area (Å²) in [6.45, 7) is 1.90. The van der Waals surface area contributed by atoms with Crippen LogP contribution in [-0.4, -0.2) is 41.4 Å². The van der Waals surface area contributed by atoms with Crippen molar-refractivity contribution in [1.29, 1.82) is 0 Å². The average molecular weight is 275 g/mol. The highest BCUT2D eigenvalue weighted by molar-refractivity contribution is 5.56. The Hall–Kier alpha value is -1.95. The summed E-state index contributed by atoms with van der Waals surface area (Å²) < 4.78 is 12.9. The fraction of sp³-hybridized carbons (Fsp3) is 0.429. The zero-order valence-corrected chi connectivity index (χ0v) is 11.4. The number of hydrogen-bond donors (Lipinski definition) is 2. The summed E-state index contributed by atoms with van der Waals surface area (Å²) in [7, 11) is 2.00. The van der Waals surface area contributed by atoms with Crippen LogP contribution in [0.4, 0.5) is 10.3 Å². The van der Waals surface area contributed by atoms with Crippen LogP contribution in [0, 0.1) is 5.82 Å². The highest BCUT2D eigenvalue weighted by Gasteiger charge is 2.20. The van der Waals surface area contributed by atoms with E-state index in [0.717, 1.165) is 37.4 Å². The Bertz CT molecular complexity index is 557. The normalized spacial score (nSPS) is 16.6. The van der Waals surface area contributed by atoms with Crippen LogP contribution in [0.25, 0.3) is 11.4 Å². The zero-order valence-electron chi connectivity index (χ0n) is 11.4. The van der Waals surface area contributed by atoms with E-state index in [4.69, 9.17) is 0 Å². The van der Waals surface area contributed by atoms with Crippen molar-refractivity contribution < 1.29 is 4.39 Å². The molecule has 0 radical (unpaired) electrons. The monoisotopic (exact) mass is 275 g/mol. The van der Waals surface area contributed by atoms with E-state index < -0.39 is 0 Å². The number of aromatic amines is 1. The number of halogens is 1. The summed E-state index contributed by atoms with van der Waals surface area (Å²) in [4.78, 5) is 6.68. The first-order chi connectivity index (χ1) is 9.76. The van der Waals surface area contributed by atoms with Crippen LogP contribution in [0.5, 0.6) is 0 Å².